The predicted octanol–water partition coefficient (Wildman–Crippen LogP) is 3.60. The second-order valence-electron chi connectivity index (χ2n) is 4.91. The van der Waals surface area contributed by atoms with Crippen molar-refractivity contribution < 1.29 is 14.3 Å². The molecule has 0 aliphatic rings. The van der Waals surface area contributed by atoms with E-state index in [2.05, 4.69) is 0 Å². The summed E-state index contributed by atoms with van der Waals surface area (Å²) in [5, 5.41) is 0. The predicted molar refractivity (Wildman–Crippen MR) is 71.9 cm³/mol. The van der Waals surface area contributed by atoms with E-state index in [1.807, 2.05) is 39.8 Å². The van der Waals surface area contributed by atoms with E-state index in [-0.39, 0.29) is 5.97 Å². The van der Waals surface area contributed by atoms with Gasteiger partial charge in [-0.05, 0) is 52.0 Å². The monoisotopic (exact) mass is 248 g/mol. The molecule has 0 saturated carbocycles. The fraction of sp³-hybridized carbons (Fsp3) is 0.400. The Hall–Kier alpha value is -1.77. The van der Waals surface area contributed by atoms with Gasteiger partial charge in [0.1, 0.15) is 18.0 Å². The van der Waals surface area contributed by atoms with Gasteiger partial charge in [-0.1, -0.05) is 12.2 Å². The van der Waals surface area contributed by atoms with Gasteiger partial charge < -0.3 is 9.47 Å². The van der Waals surface area contributed by atoms with Gasteiger partial charge in [-0.25, -0.2) is 4.79 Å². The summed E-state index contributed by atoms with van der Waals surface area (Å²) in [6, 6.07) is 6.95. The molecule has 0 unspecified atom stereocenters. The zero-order valence-corrected chi connectivity index (χ0v) is 11.4. The largest absolute Gasteiger partial charge is 0.490 e. The molecule has 98 valence electrons. The Morgan fingerprint density at radius 2 is 1.83 bits per heavy atom. The van der Waals surface area contributed by atoms with E-state index in [0.29, 0.717) is 12.2 Å². The zero-order valence-electron chi connectivity index (χ0n) is 11.4. The van der Waals surface area contributed by atoms with Gasteiger partial charge in [-0.2, -0.15) is 0 Å². The van der Waals surface area contributed by atoms with Crippen LogP contribution in [-0.2, 0) is 4.74 Å². The van der Waals surface area contributed by atoms with Crippen molar-refractivity contribution in [1.29, 1.82) is 0 Å². The van der Waals surface area contributed by atoms with Crippen LogP contribution in [0.2, 0.25) is 0 Å². The van der Waals surface area contributed by atoms with Crippen molar-refractivity contribution in [2.75, 3.05) is 6.61 Å². The first-order valence-electron chi connectivity index (χ1n) is 6.00. The highest BCUT2D eigenvalue weighted by Gasteiger charge is 2.17. The molecule has 1 aromatic rings. The van der Waals surface area contributed by atoms with Crippen molar-refractivity contribution >= 4 is 5.97 Å². The molecule has 18 heavy (non-hydrogen) atoms. The smallest absolute Gasteiger partial charge is 0.338 e. The minimum absolute atomic E-state index is 0.317. The third kappa shape index (κ3) is 5.04. The number of hydrogen-bond donors (Lipinski definition) is 0. The molecule has 0 aliphatic carbocycles. The summed E-state index contributed by atoms with van der Waals surface area (Å²) < 4.78 is 10.7. The molecule has 0 amide bonds. The Morgan fingerprint density at radius 1 is 1.22 bits per heavy atom. The molecule has 0 bridgehead atoms. The number of carbonyl (C=O) groups excluding carboxylic acids is 1. The van der Waals surface area contributed by atoms with E-state index >= 15 is 0 Å². The Morgan fingerprint density at radius 3 is 2.33 bits per heavy atom. The van der Waals surface area contributed by atoms with Crippen molar-refractivity contribution in [2.24, 2.45) is 0 Å². The fourth-order valence-electron chi connectivity index (χ4n) is 1.26. The molecular weight excluding hydrogens is 228 g/mol. The average Bonchev–Trinajstić information content (AvgIpc) is 2.28. The summed E-state index contributed by atoms with van der Waals surface area (Å²) in [5.41, 5.74) is 0.0568. The lowest BCUT2D eigenvalue weighted by Crippen LogP contribution is -2.23. The zero-order chi connectivity index (χ0) is 13.6. The number of esters is 1. The first-order chi connectivity index (χ1) is 8.42. The van der Waals surface area contributed by atoms with Crippen molar-refractivity contribution in [1.82, 2.24) is 0 Å². The molecule has 1 rings (SSSR count). The van der Waals surface area contributed by atoms with E-state index in [4.69, 9.17) is 9.47 Å². The molecule has 0 spiro atoms. The van der Waals surface area contributed by atoms with Gasteiger partial charge in [-0.3, -0.25) is 0 Å². The van der Waals surface area contributed by atoms with Crippen LogP contribution >= 0.6 is 0 Å². The summed E-state index contributed by atoms with van der Waals surface area (Å²) in [5.74, 6) is 0.419. The summed E-state index contributed by atoms with van der Waals surface area (Å²) in [4.78, 5) is 11.8. The third-order valence-corrected chi connectivity index (χ3v) is 2.07. The lowest BCUT2D eigenvalue weighted by molar-refractivity contribution is 0.00695. The molecule has 0 radical (unpaired) electrons. The van der Waals surface area contributed by atoms with Crippen LogP contribution in [0.5, 0.6) is 5.75 Å². The van der Waals surface area contributed by atoms with Crippen LogP contribution in [0.25, 0.3) is 0 Å². The maximum Gasteiger partial charge on any atom is 0.338 e. The van der Waals surface area contributed by atoms with Gasteiger partial charge in [0.2, 0.25) is 0 Å². The lowest BCUT2D eigenvalue weighted by Gasteiger charge is -2.19. The maximum atomic E-state index is 11.8. The van der Waals surface area contributed by atoms with Crippen LogP contribution in [0.3, 0.4) is 0 Å². The lowest BCUT2D eigenvalue weighted by atomic mass is 10.1. The van der Waals surface area contributed by atoms with Gasteiger partial charge in [0, 0.05) is 0 Å². The molecule has 3 nitrogen and oxygen atoms in total. The first kappa shape index (κ1) is 14.3. The second kappa shape index (κ2) is 6.24. The molecule has 0 aromatic heterocycles. The molecule has 0 atom stereocenters. The Bertz CT molecular complexity index is 410. The van der Waals surface area contributed by atoms with Crippen LogP contribution in [0, 0.1) is 0 Å². The third-order valence-electron chi connectivity index (χ3n) is 2.07. The molecule has 3 heteroatoms. The van der Waals surface area contributed by atoms with Gasteiger partial charge in [-0.15, -0.1) is 0 Å². The van der Waals surface area contributed by atoms with Crippen molar-refractivity contribution in [3.63, 3.8) is 0 Å². The molecular formula is C15H20O3. The molecule has 0 heterocycles. The average molecular weight is 248 g/mol. The number of allylic oxidation sites excluding steroid dienone is 1. The van der Waals surface area contributed by atoms with Crippen LogP contribution in [-0.4, -0.2) is 18.2 Å². The van der Waals surface area contributed by atoms with Crippen LogP contribution in [0.4, 0.5) is 0 Å². The van der Waals surface area contributed by atoms with E-state index in [1.165, 1.54) is 0 Å². The minimum atomic E-state index is -0.474. The number of rotatable bonds is 4. The van der Waals surface area contributed by atoms with Crippen LogP contribution < -0.4 is 4.74 Å². The number of ether oxygens (including phenoxy) is 2. The highest BCUT2D eigenvalue weighted by atomic mass is 16.6. The minimum Gasteiger partial charge on any atom is -0.490 e. The number of carbonyl (C=O) groups is 1. The topological polar surface area (TPSA) is 35.5 Å². The van der Waals surface area contributed by atoms with Crippen LogP contribution in [0.15, 0.2) is 36.4 Å². The summed E-state index contributed by atoms with van der Waals surface area (Å²) in [6.45, 7) is 8.01. The Balaban J connectivity index is 2.62. The van der Waals surface area contributed by atoms with E-state index < -0.39 is 5.60 Å². The Kier molecular flexibility index (Phi) is 4.95. The van der Waals surface area contributed by atoms with Crippen molar-refractivity contribution in [2.45, 2.75) is 33.3 Å². The van der Waals surface area contributed by atoms with E-state index in [9.17, 15) is 4.79 Å². The quantitative estimate of drug-likeness (QED) is 0.603. The summed E-state index contributed by atoms with van der Waals surface area (Å²) in [6.07, 6.45) is 3.84. The number of benzene rings is 1. The van der Waals surface area contributed by atoms with E-state index in [1.54, 1.807) is 24.3 Å². The van der Waals surface area contributed by atoms with Crippen molar-refractivity contribution in [3.05, 3.63) is 42.0 Å². The maximum absolute atomic E-state index is 11.8. The second-order valence-corrected chi connectivity index (χ2v) is 4.91. The molecule has 0 fully saturated rings. The van der Waals surface area contributed by atoms with Crippen LogP contribution in [0.1, 0.15) is 38.1 Å². The van der Waals surface area contributed by atoms with Crippen molar-refractivity contribution in [3.8, 4) is 5.75 Å². The number of hydrogen-bond acceptors (Lipinski definition) is 3. The van der Waals surface area contributed by atoms with E-state index in [0.717, 1.165) is 5.75 Å². The van der Waals surface area contributed by atoms with Gasteiger partial charge >= 0.3 is 5.97 Å². The van der Waals surface area contributed by atoms with Gasteiger partial charge in [0.15, 0.2) is 0 Å². The normalized spacial score (nSPS) is 11.6. The standard InChI is InChI=1S/C15H20O3/c1-5-6-11-17-13-9-7-12(8-10-13)14(16)18-15(2,3)4/h5-10H,11H2,1-4H3. The van der Waals surface area contributed by atoms with Gasteiger partial charge in [0.25, 0.3) is 0 Å². The highest BCUT2D eigenvalue weighted by Crippen LogP contribution is 2.16. The first-order valence-corrected chi connectivity index (χ1v) is 6.00. The van der Waals surface area contributed by atoms with Gasteiger partial charge in [0.05, 0.1) is 5.56 Å². The fourth-order valence-corrected chi connectivity index (χ4v) is 1.26. The Labute approximate surface area is 108 Å². The SMILES string of the molecule is CC=CCOc1ccc(C(=O)OC(C)(C)C)cc1. The summed E-state index contributed by atoms with van der Waals surface area (Å²) in [7, 11) is 0. The molecule has 0 saturated heterocycles. The highest BCUT2D eigenvalue weighted by molar-refractivity contribution is 5.89. The molecule has 0 N–H and O–H groups in total. The molecule has 0 aliphatic heterocycles. The molecule has 1 aromatic carbocycles. The summed E-state index contributed by atoms with van der Waals surface area (Å²) >= 11 is 0.